The topological polar surface area (TPSA) is 18.5 Å². The van der Waals surface area contributed by atoms with Crippen molar-refractivity contribution in [3.63, 3.8) is 0 Å². The Kier molecular flexibility index (Phi) is 10.5. The molecule has 0 spiro atoms. The molecule has 3 heteroatoms. The van der Waals surface area contributed by atoms with Gasteiger partial charge in [0.2, 0.25) is 0 Å². The van der Waals surface area contributed by atoms with Gasteiger partial charge in [-0.1, -0.05) is 138 Å². The first kappa shape index (κ1) is 34.7. The van der Waals surface area contributed by atoms with E-state index in [4.69, 9.17) is 9.05 Å². The summed E-state index contributed by atoms with van der Waals surface area (Å²) in [6.07, 6.45) is 6.36. The van der Waals surface area contributed by atoms with Gasteiger partial charge in [0.05, 0.1) is 5.30 Å². The van der Waals surface area contributed by atoms with Crippen molar-refractivity contribution in [2.24, 2.45) is 0 Å². The molecule has 0 saturated heterocycles. The van der Waals surface area contributed by atoms with Crippen LogP contribution in [0.5, 0.6) is 11.5 Å². The first-order chi connectivity index (χ1) is 19.8. The lowest BCUT2D eigenvalue weighted by Crippen LogP contribution is -2.20. The van der Waals surface area contributed by atoms with Crippen molar-refractivity contribution in [1.82, 2.24) is 0 Å². The molecule has 0 radical (unpaired) electrons. The molecule has 0 aliphatic carbocycles. The molecule has 43 heavy (non-hydrogen) atoms. The monoisotopic (exact) mass is 598 g/mol. The van der Waals surface area contributed by atoms with Crippen LogP contribution < -0.4 is 14.4 Å². The zero-order valence-corrected chi connectivity index (χ0v) is 30.2. The lowest BCUT2D eigenvalue weighted by Gasteiger charge is -2.30. The fourth-order valence-corrected chi connectivity index (χ4v) is 6.26. The smallest absolute Gasteiger partial charge is 0.326 e. The van der Waals surface area contributed by atoms with Crippen molar-refractivity contribution in [2.45, 2.75) is 119 Å². The van der Waals surface area contributed by atoms with Gasteiger partial charge >= 0.3 is 8.38 Å². The fourth-order valence-electron chi connectivity index (χ4n) is 4.94. The quantitative estimate of drug-likeness (QED) is 0.199. The van der Waals surface area contributed by atoms with Crippen LogP contribution in [0.2, 0.25) is 0 Å². The van der Waals surface area contributed by atoms with Gasteiger partial charge in [-0.2, -0.15) is 0 Å². The number of hydrogen-bond donors (Lipinski definition) is 0. The molecule has 0 fully saturated rings. The van der Waals surface area contributed by atoms with E-state index in [0.717, 1.165) is 16.8 Å². The van der Waals surface area contributed by atoms with Crippen LogP contribution in [0.4, 0.5) is 0 Å². The number of hydrogen-bond acceptors (Lipinski definition) is 2. The van der Waals surface area contributed by atoms with E-state index in [0.29, 0.717) is 0 Å². The van der Waals surface area contributed by atoms with Gasteiger partial charge in [0.25, 0.3) is 0 Å². The molecule has 2 nitrogen and oxygen atoms in total. The van der Waals surface area contributed by atoms with Crippen molar-refractivity contribution in [2.75, 3.05) is 0 Å². The van der Waals surface area contributed by atoms with Crippen molar-refractivity contribution in [1.29, 1.82) is 0 Å². The van der Waals surface area contributed by atoms with E-state index in [1.54, 1.807) is 0 Å². The summed E-state index contributed by atoms with van der Waals surface area (Å²) in [6, 6.07) is 22.0. The Hall–Kier alpha value is -2.83. The summed E-state index contributed by atoms with van der Waals surface area (Å²) in [4.78, 5) is 0. The maximum atomic E-state index is 6.98. The second kappa shape index (κ2) is 13.0. The molecule has 0 saturated carbocycles. The van der Waals surface area contributed by atoms with Crippen LogP contribution in [-0.2, 0) is 21.7 Å². The van der Waals surface area contributed by atoms with Gasteiger partial charge in [0.1, 0.15) is 11.5 Å². The minimum Gasteiger partial charge on any atom is -0.435 e. The molecule has 3 aromatic carbocycles. The molecule has 0 amide bonds. The summed E-state index contributed by atoms with van der Waals surface area (Å²) < 4.78 is 14.0. The minimum atomic E-state index is -1.49. The molecule has 0 unspecified atom stereocenters. The highest BCUT2D eigenvalue weighted by molar-refractivity contribution is 7.56. The molecule has 232 valence electrons. The fraction of sp³-hybridized carbons (Fsp3) is 0.450. The van der Waals surface area contributed by atoms with Crippen LogP contribution in [0.25, 0.3) is 5.57 Å². The van der Waals surface area contributed by atoms with Crippen molar-refractivity contribution in [3.05, 3.63) is 107 Å². The highest BCUT2D eigenvalue weighted by atomic mass is 31.2. The van der Waals surface area contributed by atoms with E-state index >= 15 is 0 Å². The van der Waals surface area contributed by atoms with Gasteiger partial charge in [-0.15, -0.1) is 0 Å². The van der Waals surface area contributed by atoms with Gasteiger partial charge in [0, 0.05) is 11.1 Å². The summed E-state index contributed by atoms with van der Waals surface area (Å²) in [5.41, 5.74) is 7.25. The maximum Gasteiger partial charge on any atom is 0.326 e. The molecule has 0 heterocycles. The van der Waals surface area contributed by atoms with Gasteiger partial charge in [-0.3, -0.25) is 0 Å². The predicted octanol–water partition coefficient (Wildman–Crippen LogP) is 12.0. The van der Waals surface area contributed by atoms with Crippen molar-refractivity contribution in [3.8, 4) is 11.5 Å². The van der Waals surface area contributed by atoms with Gasteiger partial charge < -0.3 is 9.05 Å². The normalized spacial score (nSPS) is 13.6. The minimum absolute atomic E-state index is 0.0451. The molecule has 0 aliphatic rings. The third kappa shape index (κ3) is 8.86. The highest BCUT2D eigenvalue weighted by Gasteiger charge is 2.29. The summed E-state index contributed by atoms with van der Waals surface area (Å²) in [6.45, 7) is 31.2. The van der Waals surface area contributed by atoms with E-state index < -0.39 is 8.38 Å². The van der Waals surface area contributed by atoms with Crippen LogP contribution in [-0.4, -0.2) is 0 Å². The second-order valence-electron chi connectivity index (χ2n) is 15.7. The third-order valence-electron chi connectivity index (χ3n) is 7.74. The first-order valence-electron chi connectivity index (χ1n) is 15.6. The zero-order valence-electron chi connectivity index (χ0n) is 29.3. The standard InChI is InChI=1S/C40H55O2P/c1-15-17-28(16-2)29-18-22-32(23-19-29)43(41-35-24-20-30(37(3,4)5)26-33(35)39(9,10)11)42-36-25-21-31(38(6,7)8)27-34(36)40(12,13)14/h15-27H,1-14H3/b17-15-,28-16+. The predicted molar refractivity (Wildman–Crippen MR) is 190 cm³/mol. The largest absolute Gasteiger partial charge is 0.435 e. The lowest BCUT2D eigenvalue weighted by atomic mass is 9.80. The Morgan fingerprint density at radius 2 is 0.977 bits per heavy atom. The Balaban J connectivity index is 2.19. The van der Waals surface area contributed by atoms with Crippen LogP contribution in [0.1, 0.15) is 125 Å². The van der Waals surface area contributed by atoms with E-state index in [-0.39, 0.29) is 21.7 Å². The van der Waals surface area contributed by atoms with Gasteiger partial charge in [-0.25, -0.2) is 0 Å². The van der Waals surface area contributed by atoms with E-state index in [1.807, 2.05) is 6.92 Å². The average Bonchev–Trinajstić information content (AvgIpc) is 2.89. The molecule has 0 aromatic heterocycles. The number of benzene rings is 3. The Bertz CT molecular complexity index is 1370. The summed E-state index contributed by atoms with van der Waals surface area (Å²) >= 11 is 0. The number of rotatable bonds is 7. The van der Waals surface area contributed by atoms with Gasteiger partial charge in [0.15, 0.2) is 0 Å². The summed E-state index contributed by atoms with van der Waals surface area (Å²) in [7, 11) is -1.49. The molecule has 0 bridgehead atoms. The Morgan fingerprint density at radius 1 is 0.558 bits per heavy atom. The van der Waals surface area contributed by atoms with Crippen LogP contribution in [0, 0.1) is 0 Å². The van der Waals surface area contributed by atoms with Crippen molar-refractivity contribution >= 4 is 19.3 Å². The second-order valence-corrected chi connectivity index (χ2v) is 17.0. The maximum absolute atomic E-state index is 6.98. The van der Waals surface area contributed by atoms with E-state index in [9.17, 15) is 0 Å². The summed E-state index contributed by atoms with van der Waals surface area (Å²) in [5.74, 6) is 1.75. The molecule has 3 aromatic rings. The lowest BCUT2D eigenvalue weighted by molar-refractivity contribution is 0.466. The third-order valence-corrected chi connectivity index (χ3v) is 9.18. The van der Waals surface area contributed by atoms with Crippen LogP contribution >= 0.6 is 8.38 Å². The highest BCUT2D eigenvalue weighted by Crippen LogP contribution is 2.47. The SMILES string of the molecule is C/C=C\C(=C/C)c1ccc(P(Oc2ccc(C(C)(C)C)cc2C(C)(C)C)Oc2ccc(C(C)(C)C)cc2C(C)(C)C)cc1. The van der Waals surface area contributed by atoms with Crippen molar-refractivity contribution < 1.29 is 9.05 Å². The van der Waals surface area contributed by atoms with E-state index in [2.05, 4.69) is 169 Å². The molecule has 0 aliphatic heterocycles. The molecule has 3 rings (SSSR count). The van der Waals surface area contributed by atoms with Crippen LogP contribution in [0.15, 0.2) is 78.9 Å². The first-order valence-corrected chi connectivity index (χ1v) is 16.8. The Morgan fingerprint density at radius 3 is 1.30 bits per heavy atom. The van der Waals surface area contributed by atoms with Crippen LogP contribution in [0.3, 0.4) is 0 Å². The molecule has 0 atom stereocenters. The van der Waals surface area contributed by atoms with E-state index in [1.165, 1.54) is 33.4 Å². The zero-order chi connectivity index (χ0) is 32.4. The number of allylic oxidation sites excluding steroid dienone is 4. The molecular weight excluding hydrogens is 543 g/mol. The Labute approximate surface area is 264 Å². The average molecular weight is 599 g/mol. The molecular formula is C40H55O2P. The molecule has 0 N–H and O–H groups in total. The van der Waals surface area contributed by atoms with Gasteiger partial charge in [-0.05, 0) is 82.0 Å². The summed E-state index contributed by atoms with van der Waals surface area (Å²) in [5, 5.41) is 1.04.